The van der Waals surface area contributed by atoms with E-state index in [1.165, 1.54) is 38.5 Å². The lowest BCUT2D eigenvalue weighted by molar-refractivity contribution is 0.614. The first kappa shape index (κ1) is 6.45. The van der Waals surface area contributed by atoms with Crippen molar-refractivity contribution < 1.29 is 0 Å². The van der Waals surface area contributed by atoms with Crippen molar-refractivity contribution in [2.45, 2.75) is 45.4 Å². The zero-order chi connectivity index (χ0) is 6.97. The van der Waals surface area contributed by atoms with Gasteiger partial charge < -0.3 is 0 Å². The van der Waals surface area contributed by atoms with Gasteiger partial charge in [0.2, 0.25) is 0 Å². The zero-order valence-electron chi connectivity index (χ0n) is 6.82. The fraction of sp³-hybridized carbons (Fsp3) is 0.800. The van der Waals surface area contributed by atoms with Crippen molar-refractivity contribution in [3.8, 4) is 0 Å². The molecule has 0 bridgehead atoms. The highest BCUT2D eigenvalue weighted by Gasteiger charge is 2.23. The quantitative estimate of drug-likeness (QED) is 0.448. The Morgan fingerprint density at radius 3 is 2.70 bits per heavy atom. The summed E-state index contributed by atoms with van der Waals surface area (Å²) in [5.41, 5.74) is 3.67. The minimum Gasteiger partial charge on any atom is -0.0707 e. The SMILES string of the molecule is C[C@H]1CCC2=C1CCCC2. The molecular formula is C10H16. The van der Waals surface area contributed by atoms with Gasteiger partial charge in [-0.25, -0.2) is 0 Å². The Morgan fingerprint density at radius 2 is 1.90 bits per heavy atom. The monoisotopic (exact) mass is 136 g/mol. The molecule has 2 aliphatic carbocycles. The van der Waals surface area contributed by atoms with Gasteiger partial charge in [0.1, 0.15) is 0 Å². The molecule has 0 aromatic carbocycles. The standard InChI is InChI=1S/C10H16/c1-8-6-7-9-4-2-3-5-10(8)9/h8H,2-7H2,1H3/t8-/m0/s1. The van der Waals surface area contributed by atoms with Crippen LogP contribution in [0.1, 0.15) is 45.4 Å². The molecule has 0 aromatic heterocycles. The topological polar surface area (TPSA) is 0 Å². The predicted octanol–water partition coefficient (Wildman–Crippen LogP) is 3.29. The summed E-state index contributed by atoms with van der Waals surface area (Å²) in [7, 11) is 0. The second-order valence-corrected chi connectivity index (χ2v) is 3.78. The van der Waals surface area contributed by atoms with E-state index < -0.39 is 0 Å². The number of rotatable bonds is 0. The van der Waals surface area contributed by atoms with Crippen molar-refractivity contribution >= 4 is 0 Å². The minimum atomic E-state index is 0.940. The van der Waals surface area contributed by atoms with Gasteiger partial charge in [0.15, 0.2) is 0 Å². The summed E-state index contributed by atoms with van der Waals surface area (Å²) in [6.45, 7) is 2.40. The van der Waals surface area contributed by atoms with Crippen molar-refractivity contribution in [1.82, 2.24) is 0 Å². The Morgan fingerprint density at radius 1 is 1.10 bits per heavy atom. The van der Waals surface area contributed by atoms with Crippen molar-refractivity contribution in [1.29, 1.82) is 0 Å². The van der Waals surface area contributed by atoms with Gasteiger partial charge in [-0.15, -0.1) is 0 Å². The summed E-state index contributed by atoms with van der Waals surface area (Å²) in [6, 6.07) is 0. The molecular weight excluding hydrogens is 120 g/mol. The maximum atomic E-state index is 2.40. The molecule has 1 atom stereocenters. The van der Waals surface area contributed by atoms with Crippen LogP contribution in [0.2, 0.25) is 0 Å². The van der Waals surface area contributed by atoms with Crippen LogP contribution >= 0.6 is 0 Å². The van der Waals surface area contributed by atoms with Crippen molar-refractivity contribution in [3.05, 3.63) is 11.1 Å². The van der Waals surface area contributed by atoms with Gasteiger partial charge in [-0.1, -0.05) is 18.1 Å². The van der Waals surface area contributed by atoms with Crippen LogP contribution in [0.15, 0.2) is 11.1 Å². The van der Waals surface area contributed by atoms with Crippen LogP contribution in [0.25, 0.3) is 0 Å². The summed E-state index contributed by atoms with van der Waals surface area (Å²) >= 11 is 0. The van der Waals surface area contributed by atoms with E-state index in [0.717, 1.165) is 5.92 Å². The first-order chi connectivity index (χ1) is 4.88. The van der Waals surface area contributed by atoms with Crippen LogP contribution in [0.5, 0.6) is 0 Å². The molecule has 0 aliphatic heterocycles. The second kappa shape index (κ2) is 2.41. The Bertz CT molecular complexity index is 165. The highest BCUT2D eigenvalue weighted by molar-refractivity contribution is 5.24. The van der Waals surface area contributed by atoms with E-state index >= 15 is 0 Å². The van der Waals surface area contributed by atoms with Crippen molar-refractivity contribution in [2.24, 2.45) is 5.92 Å². The Labute approximate surface area is 63.3 Å². The van der Waals surface area contributed by atoms with E-state index in [-0.39, 0.29) is 0 Å². The molecule has 2 rings (SSSR count). The molecule has 56 valence electrons. The lowest BCUT2D eigenvalue weighted by Gasteiger charge is -2.16. The van der Waals surface area contributed by atoms with Gasteiger partial charge in [-0.05, 0) is 44.4 Å². The normalized spacial score (nSPS) is 32.7. The van der Waals surface area contributed by atoms with Crippen molar-refractivity contribution in [2.75, 3.05) is 0 Å². The van der Waals surface area contributed by atoms with Crippen LogP contribution in [0, 0.1) is 5.92 Å². The highest BCUT2D eigenvalue weighted by atomic mass is 14.3. The van der Waals surface area contributed by atoms with E-state index in [9.17, 15) is 0 Å². The van der Waals surface area contributed by atoms with E-state index in [1.807, 2.05) is 11.1 Å². The number of allylic oxidation sites excluding steroid dienone is 2. The van der Waals surface area contributed by atoms with E-state index in [4.69, 9.17) is 0 Å². The maximum Gasteiger partial charge on any atom is -0.0226 e. The smallest absolute Gasteiger partial charge is 0.0226 e. The summed E-state index contributed by atoms with van der Waals surface area (Å²) in [5, 5.41) is 0. The van der Waals surface area contributed by atoms with Crippen LogP contribution in [-0.2, 0) is 0 Å². The van der Waals surface area contributed by atoms with Gasteiger partial charge in [0.05, 0.1) is 0 Å². The lowest BCUT2D eigenvalue weighted by atomic mass is 9.90. The molecule has 0 fully saturated rings. The summed E-state index contributed by atoms with van der Waals surface area (Å²) in [4.78, 5) is 0. The summed E-state index contributed by atoms with van der Waals surface area (Å²) < 4.78 is 0. The molecule has 0 heteroatoms. The van der Waals surface area contributed by atoms with Crippen molar-refractivity contribution in [3.63, 3.8) is 0 Å². The summed E-state index contributed by atoms with van der Waals surface area (Å²) in [5.74, 6) is 0.940. The van der Waals surface area contributed by atoms with Gasteiger partial charge in [0, 0.05) is 0 Å². The third kappa shape index (κ3) is 0.902. The molecule has 0 N–H and O–H groups in total. The molecule has 0 nitrogen and oxygen atoms in total. The van der Waals surface area contributed by atoms with Gasteiger partial charge in [-0.3, -0.25) is 0 Å². The lowest BCUT2D eigenvalue weighted by Crippen LogP contribution is -1.98. The molecule has 0 amide bonds. The average molecular weight is 136 g/mol. The van der Waals surface area contributed by atoms with Crippen LogP contribution in [0.3, 0.4) is 0 Å². The molecule has 0 aromatic rings. The minimum absolute atomic E-state index is 0.940. The fourth-order valence-electron chi connectivity index (χ4n) is 2.44. The van der Waals surface area contributed by atoms with Crippen LogP contribution in [0.4, 0.5) is 0 Å². The van der Waals surface area contributed by atoms with E-state index in [1.54, 1.807) is 0 Å². The second-order valence-electron chi connectivity index (χ2n) is 3.78. The molecule has 0 saturated heterocycles. The maximum absolute atomic E-state index is 2.40. The predicted molar refractivity (Wildman–Crippen MR) is 43.9 cm³/mol. The number of hydrogen-bond donors (Lipinski definition) is 0. The molecule has 0 saturated carbocycles. The Kier molecular flexibility index (Phi) is 1.55. The zero-order valence-corrected chi connectivity index (χ0v) is 6.82. The molecule has 0 unspecified atom stereocenters. The third-order valence-electron chi connectivity index (χ3n) is 3.10. The molecule has 0 radical (unpaired) electrons. The van der Waals surface area contributed by atoms with Gasteiger partial charge in [-0.2, -0.15) is 0 Å². The van der Waals surface area contributed by atoms with E-state index in [0.29, 0.717) is 0 Å². The molecule has 10 heavy (non-hydrogen) atoms. The Balaban J connectivity index is 2.20. The molecule has 0 heterocycles. The van der Waals surface area contributed by atoms with Crippen LogP contribution in [-0.4, -0.2) is 0 Å². The van der Waals surface area contributed by atoms with Crippen LogP contribution < -0.4 is 0 Å². The largest absolute Gasteiger partial charge is 0.0707 e. The van der Waals surface area contributed by atoms with Gasteiger partial charge in [0.25, 0.3) is 0 Å². The number of hydrogen-bond acceptors (Lipinski definition) is 0. The van der Waals surface area contributed by atoms with Gasteiger partial charge >= 0.3 is 0 Å². The first-order valence-corrected chi connectivity index (χ1v) is 4.58. The fourth-order valence-corrected chi connectivity index (χ4v) is 2.44. The molecule has 2 aliphatic rings. The van der Waals surface area contributed by atoms with E-state index in [2.05, 4.69) is 6.92 Å². The Hall–Kier alpha value is -0.260. The molecule has 0 spiro atoms. The first-order valence-electron chi connectivity index (χ1n) is 4.58. The highest BCUT2D eigenvalue weighted by Crippen LogP contribution is 2.40. The summed E-state index contributed by atoms with van der Waals surface area (Å²) in [6.07, 6.45) is 8.66. The third-order valence-corrected chi connectivity index (χ3v) is 3.10. The average Bonchev–Trinajstić information content (AvgIpc) is 2.34.